The van der Waals surface area contributed by atoms with Gasteiger partial charge in [-0.15, -0.1) is 0 Å². The Balaban J connectivity index is 1.61. The second-order valence-corrected chi connectivity index (χ2v) is 9.32. The van der Waals surface area contributed by atoms with Gasteiger partial charge in [-0.3, -0.25) is 9.62 Å². The minimum Gasteiger partial charge on any atom is -0.391 e. The first-order valence-corrected chi connectivity index (χ1v) is 11.7. The number of likely N-dealkylation sites (tertiary alicyclic amines) is 1. The fourth-order valence-corrected chi connectivity index (χ4v) is 4.23. The lowest BCUT2D eigenvalue weighted by Gasteiger charge is -2.36. The molecular weight excluding hydrogens is 400 g/mol. The molecule has 30 heavy (non-hydrogen) atoms. The summed E-state index contributed by atoms with van der Waals surface area (Å²) in [5.41, 5.74) is 3.21. The third-order valence-corrected chi connectivity index (χ3v) is 5.68. The van der Waals surface area contributed by atoms with Crippen LogP contribution in [-0.2, 0) is 10.0 Å². The standard InChI is InChI=1S/C22H28N4O3S/c1-30(28,29)25-20-9-5-6-18(12-20)21-10-11-26(16-22(21)27)15-17(13-23)14-24-19-7-3-2-4-8-19/h2-9,12-14,21-25,27H,10-11,15-16H2,1H3/b17-14+,23-13?/t21-,22-/m0/s1. The number of hydrogen-bond donors (Lipinski definition) is 4. The number of para-hydroxylation sites is 1. The smallest absolute Gasteiger partial charge is 0.229 e. The molecule has 1 fully saturated rings. The number of β-amino-alcohol motifs (C(OH)–C–C–N with tert-alkyl or cyclic N) is 1. The van der Waals surface area contributed by atoms with E-state index in [1.54, 1.807) is 18.2 Å². The van der Waals surface area contributed by atoms with Crippen LogP contribution in [-0.4, -0.2) is 56.6 Å². The van der Waals surface area contributed by atoms with E-state index >= 15 is 0 Å². The number of anilines is 2. The zero-order chi connectivity index (χ0) is 21.6. The van der Waals surface area contributed by atoms with Gasteiger partial charge < -0.3 is 15.8 Å². The lowest BCUT2D eigenvalue weighted by atomic mass is 9.87. The number of hydrogen-bond acceptors (Lipinski definition) is 6. The summed E-state index contributed by atoms with van der Waals surface area (Å²) in [4.78, 5) is 2.13. The van der Waals surface area contributed by atoms with Crippen LogP contribution in [0.3, 0.4) is 0 Å². The molecule has 2 aromatic rings. The number of nitrogens with one attached hydrogen (secondary N) is 3. The van der Waals surface area contributed by atoms with E-state index in [0.29, 0.717) is 18.8 Å². The largest absolute Gasteiger partial charge is 0.391 e. The van der Waals surface area contributed by atoms with Crippen LogP contribution in [0.2, 0.25) is 0 Å². The SMILES string of the molecule is CS(=O)(=O)Nc1cccc([C@@H]2CCN(C/C(C=N)=C/Nc3ccccc3)C[C@@H]2O)c1. The first-order chi connectivity index (χ1) is 14.3. The average molecular weight is 429 g/mol. The average Bonchev–Trinajstić information content (AvgIpc) is 2.71. The molecule has 0 aliphatic carbocycles. The molecule has 1 heterocycles. The summed E-state index contributed by atoms with van der Waals surface area (Å²) in [6, 6.07) is 17.0. The van der Waals surface area contributed by atoms with Gasteiger partial charge in [0, 0.05) is 42.8 Å². The Morgan fingerprint density at radius 2 is 1.93 bits per heavy atom. The molecule has 0 unspecified atom stereocenters. The van der Waals surface area contributed by atoms with E-state index in [-0.39, 0.29) is 5.92 Å². The van der Waals surface area contributed by atoms with Crippen LogP contribution in [0.1, 0.15) is 17.9 Å². The Labute approximate surface area is 178 Å². The van der Waals surface area contributed by atoms with Crippen molar-refractivity contribution in [2.75, 3.05) is 35.9 Å². The second-order valence-electron chi connectivity index (χ2n) is 7.57. The van der Waals surface area contributed by atoms with Gasteiger partial charge in [-0.1, -0.05) is 30.3 Å². The molecule has 1 aliphatic rings. The maximum Gasteiger partial charge on any atom is 0.229 e. The number of aliphatic hydroxyl groups is 1. The van der Waals surface area contributed by atoms with Crippen molar-refractivity contribution in [3.63, 3.8) is 0 Å². The molecule has 0 spiro atoms. The molecule has 7 nitrogen and oxygen atoms in total. The summed E-state index contributed by atoms with van der Waals surface area (Å²) >= 11 is 0. The Bertz CT molecular complexity index is 992. The minimum atomic E-state index is -3.34. The fourth-order valence-electron chi connectivity index (χ4n) is 3.68. The molecule has 2 aromatic carbocycles. The van der Waals surface area contributed by atoms with Gasteiger partial charge in [0.15, 0.2) is 0 Å². The third-order valence-electron chi connectivity index (χ3n) is 5.07. The summed E-state index contributed by atoms with van der Waals surface area (Å²) < 4.78 is 25.4. The lowest BCUT2D eigenvalue weighted by Crippen LogP contribution is -2.43. The Morgan fingerprint density at radius 1 is 1.20 bits per heavy atom. The van der Waals surface area contributed by atoms with E-state index in [9.17, 15) is 13.5 Å². The molecule has 2 atom stereocenters. The van der Waals surface area contributed by atoms with Crippen molar-refractivity contribution < 1.29 is 13.5 Å². The number of nitrogens with zero attached hydrogens (tertiary/aromatic N) is 1. The molecule has 1 saturated heterocycles. The molecule has 0 amide bonds. The zero-order valence-electron chi connectivity index (χ0n) is 17.0. The number of benzene rings is 2. The van der Waals surface area contributed by atoms with E-state index in [0.717, 1.165) is 36.0 Å². The highest BCUT2D eigenvalue weighted by Crippen LogP contribution is 2.30. The van der Waals surface area contributed by atoms with Crippen LogP contribution >= 0.6 is 0 Å². The Morgan fingerprint density at radius 3 is 2.60 bits per heavy atom. The maximum absolute atomic E-state index is 11.5. The summed E-state index contributed by atoms with van der Waals surface area (Å²) in [7, 11) is -3.34. The maximum atomic E-state index is 11.5. The Hall–Kier alpha value is -2.68. The molecule has 1 aliphatic heterocycles. The van der Waals surface area contributed by atoms with Gasteiger partial charge in [0.05, 0.1) is 12.4 Å². The quantitative estimate of drug-likeness (QED) is 0.484. The number of piperidine rings is 1. The Kier molecular flexibility index (Phi) is 7.25. The molecule has 8 heteroatoms. The van der Waals surface area contributed by atoms with Crippen molar-refractivity contribution in [3.8, 4) is 0 Å². The molecule has 0 aromatic heterocycles. The van der Waals surface area contributed by atoms with Crippen LogP contribution in [0.25, 0.3) is 0 Å². The van der Waals surface area contributed by atoms with Crippen LogP contribution in [0.15, 0.2) is 66.4 Å². The van der Waals surface area contributed by atoms with Crippen molar-refractivity contribution in [2.45, 2.75) is 18.4 Å². The third kappa shape index (κ3) is 6.41. The molecule has 0 bridgehead atoms. The van der Waals surface area contributed by atoms with E-state index in [4.69, 9.17) is 5.41 Å². The summed E-state index contributed by atoms with van der Waals surface area (Å²) in [6.45, 7) is 1.84. The van der Waals surface area contributed by atoms with Gasteiger partial charge in [0.25, 0.3) is 0 Å². The molecule has 160 valence electrons. The highest BCUT2D eigenvalue weighted by Gasteiger charge is 2.29. The predicted octanol–water partition coefficient (Wildman–Crippen LogP) is 2.85. The topological polar surface area (TPSA) is 106 Å². The summed E-state index contributed by atoms with van der Waals surface area (Å²) in [5, 5.41) is 21.6. The van der Waals surface area contributed by atoms with E-state index < -0.39 is 16.1 Å². The zero-order valence-corrected chi connectivity index (χ0v) is 17.8. The monoisotopic (exact) mass is 428 g/mol. The van der Waals surface area contributed by atoms with Gasteiger partial charge in [-0.05, 0) is 48.4 Å². The van der Waals surface area contributed by atoms with E-state index in [1.807, 2.05) is 42.6 Å². The lowest BCUT2D eigenvalue weighted by molar-refractivity contribution is 0.0564. The predicted molar refractivity (Wildman–Crippen MR) is 122 cm³/mol. The van der Waals surface area contributed by atoms with Crippen molar-refractivity contribution >= 4 is 27.6 Å². The first-order valence-electron chi connectivity index (χ1n) is 9.83. The second kappa shape index (κ2) is 9.88. The van der Waals surface area contributed by atoms with Gasteiger partial charge in [0.2, 0.25) is 10.0 Å². The first kappa shape index (κ1) is 22.0. The molecular formula is C22H28N4O3S. The van der Waals surface area contributed by atoms with E-state index in [2.05, 4.69) is 14.9 Å². The number of sulfonamides is 1. The number of aliphatic hydroxyl groups excluding tert-OH is 1. The van der Waals surface area contributed by atoms with Gasteiger partial charge in [-0.25, -0.2) is 8.42 Å². The molecule has 0 saturated carbocycles. The molecule has 4 N–H and O–H groups in total. The van der Waals surface area contributed by atoms with Crippen LogP contribution in [0.5, 0.6) is 0 Å². The number of rotatable bonds is 8. The van der Waals surface area contributed by atoms with Gasteiger partial charge in [0.1, 0.15) is 0 Å². The van der Waals surface area contributed by atoms with Crippen LogP contribution in [0, 0.1) is 5.41 Å². The fraction of sp³-hybridized carbons (Fsp3) is 0.318. The van der Waals surface area contributed by atoms with E-state index in [1.165, 1.54) is 6.21 Å². The van der Waals surface area contributed by atoms with Gasteiger partial charge in [-0.2, -0.15) is 0 Å². The highest BCUT2D eigenvalue weighted by atomic mass is 32.2. The molecule has 0 radical (unpaired) electrons. The summed E-state index contributed by atoms with van der Waals surface area (Å²) in [6.07, 6.45) is 4.45. The van der Waals surface area contributed by atoms with Crippen LogP contribution in [0.4, 0.5) is 11.4 Å². The van der Waals surface area contributed by atoms with Crippen molar-refractivity contribution in [1.82, 2.24) is 4.90 Å². The van der Waals surface area contributed by atoms with Crippen molar-refractivity contribution in [3.05, 3.63) is 71.9 Å². The summed E-state index contributed by atoms with van der Waals surface area (Å²) in [5.74, 6) is -0.0579. The van der Waals surface area contributed by atoms with Crippen molar-refractivity contribution in [2.24, 2.45) is 0 Å². The van der Waals surface area contributed by atoms with Crippen molar-refractivity contribution in [1.29, 1.82) is 5.41 Å². The highest BCUT2D eigenvalue weighted by molar-refractivity contribution is 7.92. The van der Waals surface area contributed by atoms with Crippen LogP contribution < -0.4 is 10.0 Å². The minimum absolute atomic E-state index is 0.0579. The van der Waals surface area contributed by atoms with Gasteiger partial charge >= 0.3 is 0 Å². The normalized spacial score (nSPS) is 20.5. The molecule has 3 rings (SSSR count).